The van der Waals surface area contributed by atoms with E-state index in [1.165, 1.54) is 44.9 Å². The quantitative estimate of drug-likeness (QED) is 0.383. The van der Waals surface area contributed by atoms with Crippen LogP contribution in [0.15, 0.2) is 11.6 Å². The van der Waals surface area contributed by atoms with Gasteiger partial charge >= 0.3 is 0 Å². The Labute approximate surface area is 63.3 Å². The third-order valence-electron chi connectivity index (χ3n) is 2.82. The Hall–Kier alpha value is -0.260. The molecule has 0 radical (unpaired) electrons. The van der Waals surface area contributed by atoms with Crippen LogP contribution in [0, 0.1) is 5.92 Å². The molecule has 0 aromatic carbocycles. The maximum Gasteiger partial charge on any atom is -0.0133 e. The minimum Gasteiger partial charge on any atom is -0.0807 e. The van der Waals surface area contributed by atoms with E-state index in [1.54, 1.807) is 5.57 Å². The fourth-order valence-corrected chi connectivity index (χ4v) is 2.04. The smallest absolute Gasteiger partial charge is 0.0133 e. The highest BCUT2D eigenvalue weighted by atomic mass is 14.3. The Morgan fingerprint density at radius 1 is 1.00 bits per heavy atom. The standard InChI is InChI=1S/C10H16/c1-2-4-6-9(5-3-1)10-7-8-10/h7,9H,1-6,8H2. The maximum absolute atomic E-state index is 2.41. The van der Waals surface area contributed by atoms with Gasteiger partial charge in [0, 0.05) is 0 Å². The minimum atomic E-state index is 1.02. The zero-order valence-electron chi connectivity index (χ0n) is 6.60. The predicted molar refractivity (Wildman–Crippen MR) is 43.9 cm³/mol. The van der Waals surface area contributed by atoms with Crippen LogP contribution in [0.3, 0.4) is 0 Å². The first-order valence-electron chi connectivity index (χ1n) is 4.66. The van der Waals surface area contributed by atoms with Crippen LogP contribution in [0.1, 0.15) is 44.9 Å². The maximum atomic E-state index is 2.41. The summed E-state index contributed by atoms with van der Waals surface area (Å²) >= 11 is 0. The third-order valence-corrected chi connectivity index (χ3v) is 2.82. The molecule has 0 aliphatic heterocycles. The van der Waals surface area contributed by atoms with Crippen LogP contribution in [0.25, 0.3) is 0 Å². The van der Waals surface area contributed by atoms with Crippen LogP contribution in [0.2, 0.25) is 0 Å². The van der Waals surface area contributed by atoms with E-state index in [1.807, 2.05) is 0 Å². The largest absolute Gasteiger partial charge is 0.0807 e. The summed E-state index contributed by atoms with van der Waals surface area (Å²) in [5.74, 6) is 1.02. The molecule has 0 unspecified atom stereocenters. The van der Waals surface area contributed by atoms with Gasteiger partial charge in [-0.3, -0.25) is 0 Å². The van der Waals surface area contributed by atoms with Crippen LogP contribution >= 0.6 is 0 Å². The summed E-state index contributed by atoms with van der Waals surface area (Å²) in [6, 6.07) is 0. The van der Waals surface area contributed by atoms with E-state index in [0.29, 0.717) is 0 Å². The first kappa shape index (κ1) is 6.45. The van der Waals surface area contributed by atoms with Gasteiger partial charge in [-0.05, 0) is 25.2 Å². The molecule has 0 atom stereocenters. The average molecular weight is 136 g/mol. The van der Waals surface area contributed by atoms with Gasteiger partial charge in [-0.15, -0.1) is 0 Å². The van der Waals surface area contributed by atoms with Gasteiger partial charge in [0.2, 0.25) is 0 Å². The van der Waals surface area contributed by atoms with Crippen molar-refractivity contribution in [1.29, 1.82) is 0 Å². The molecule has 0 heteroatoms. The van der Waals surface area contributed by atoms with Crippen molar-refractivity contribution in [3.05, 3.63) is 11.6 Å². The second kappa shape index (κ2) is 2.77. The van der Waals surface area contributed by atoms with E-state index in [9.17, 15) is 0 Å². The number of hydrogen-bond acceptors (Lipinski definition) is 0. The Morgan fingerprint density at radius 3 is 2.10 bits per heavy atom. The Bertz CT molecular complexity index is 136. The summed E-state index contributed by atoms with van der Waals surface area (Å²) in [5.41, 5.74) is 1.78. The summed E-state index contributed by atoms with van der Waals surface area (Å²) in [7, 11) is 0. The van der Waals surface area contributed by atoms with Gasteiger partial charge in [0.1, 0.15) is 0 Å². The summed E-state index contributed by atoms with van der Waals surface area (Å²) in [6.45, 7) is 0. The van der Waals surface area contributed by atoms with Crippen molar-refractivity contribution >= 4 is 0 Å². The molecule has 0 amide bonds. The highest BCUT2D eigenvalue weighted by Crippen LogP contribution is 2.36. The molecule has 0 N–H and O–H groups in total. The SMILES string of the molecule is C1=C(C2CCCCCC2)C1. The van der Waals surface area contributed by atoms with Crippen molar-refractivity contribution in [3.8, 4) is 0 Å². The van der Waals surface area contributed by atoms with E-state index in [2.05, 4.69) is 6.08 Å². The lowest BCUT2D eigenvalue weighted by molar-refractivity contribution is 0.541. The monoisotopic (exact) mass is 136 g/mol. The van der Waals surface area contributed by atoms with Gasteiger partial charge in [0.15, 0.2) is 0 Å². The second-order valence-corrected chi connectivity index (χ2v) is 3.67. The molecule has 56 valence electrons. The van der Waals surface area contributed by atoms with Crippen molar-refractivity contribution < 1.29 is 0 Å². The van der Waals surface area contributed by atoms with Crippen LogP contribution in [-0.4, -0.2) is 0 Å². The molecule has 0 bridgehead atoms. The average Bonchev–Trinajstić information content (AvgIpc) is 2.76. The summed E-state index contributed by atoms with van der Waals surface area (Å²) in [6.07, 6.45) is 12.7. The summed E-state index contributed by atoms with van der Waals surface area (Å²) in [4.78, 5) is 0. The zero-order valence-corrected chi connectivity index (χ0v) is 6.60. The fraction of sp³-hybridized carbons (Fsp3) is 0.800. The van der Waals surface area contributed by atoms with Crippen molar-refractivity contribution in [2.75, 3.05) is 0 Å². The Balaban J connectivity index is 1.87. The Kier molecular flexibility index (Phi) is 1.79. The van der Waals surface area contributed by atoms with E-state index in [-0.39, 0.29) is 0 Å². The lowest BCUT2D eigenvalue weighted by Crippen LogP contribution is -1.94. The van der Waals surface area contributed by atoms with Gasteiger partial charge < -0.3 is 0 Å². The van der Waals surface area contributed by atoms with E-state index < -0.39 is 0 Å². The van der Waals surface area contributed by atoms with Crippen molar-refractivity contribution in [2.45, 2.75) is 44.9 Å². The van der Waals surface area contributed by atoms with Gasteiger partial charge in [-0.2, -0.15) is 0 Å². The summed E-state index contributed by atoms with van der Waals surface area (Å²) < 4.78 is 0. The van der Waals surface area contributed by atoms with Crippen molar-refractivity contribution in [1.82, 2.24) is 0 Å². The first-order valence-corrected chi connectivity index (χ1v) is 4.66. The molecule has 1 saturated carbocycles. The van der Waals surface area contributed by atoms with Gasteiger partial charge in [-0.25, -0.2) is 0 Å². The van der Waals surface area contributed by atoms with Gasteiger partial charge in [0.05, 0.1) is 0 Å². The molecule has 0 spiro atoms. The van der Waals surface area contributed by atoms with Crippen molar-refractivity contribution in [2.24, 2.45) is 5.92 Å². The minimum absolute atomic E-state index is 1.02. The fourth-order valence-electron chi connectivity index (χ4n) is 2.04. The lowest BCUT2D eigenvalue weighted by atomic mass is 9.97. The molecular formula is C10H16. The molecule has 0 saturated heterocycles. The molecule has 10 heavy (non-hydrogen) atoms. The Morgan fingerprint density at radius 2 is 1.60 bits per heavy atom. The van der Waals surface area contributed by atoms with Crippen LogP contribution in [-0.2, 0) is 0 Å². The molecule has 0 aromatic heterocycles. The van der Waals surface area contributed by atoms with E-state index >= 15 is 0 Å². The molecule has 2 rings (SSSR count). The normalized spacial score (nSPS) is 27.4. The van der Waals surface area contributed by atoms with Crippen LogP contribution in [0.4, 0.5) is 0 Å². The molecule has 0 nitrogen and oxygen atoms in total. The van der Waals surface area contributed by atoms with E-state index in [0.717, 1.165) is 5.92 Å². The molecular weight excluding hydrogens is 120 g/mol. The molecule has 0 heterocycles. The van der Waals surface area contributed by atoms with Crippen LogP contribution < -0.4 is 0 Å². The molecule has 1 fully saturated rings. The summed E-state index contributed by atoms with van der Waals surface area (Å²) in [5, 5.41) is 0. The van der Waals surface area contributed by atoms with Crippen LogP contribution in [0.5, 0.6) is 0 Å². The zero-order chi connectivity index (χ0) is 6.81. The molecule has 2 aliphatic carbocycles. The highest BCUT2D eigenvalue weighted by molar-refractivity contribution is 5.24. The number of rotatable bonds is 1. The lowest BCUT2D eigenvalue weighted by Gasteiger charge is -2.08. The predicted octanol–water partition coefficient (Wildman–Crippen LogP) is 3.29. The van der Waals surface area contributed by atoms with Gasteiger partial charge in [0.25, 0.3) is 0 Å². The van der Waals surface area contributed by atoms with Crippen molar-refractivity contribution in [3.63, 3.8) is 0 Å². The third kappa shape index (κ3) is 1.42. The highest BCUT2D eigenvalue weighted by Gasteiger charge is 2.20. The first-order chi connectivity index (χ1) is 4.97. The topological polar surface area (TPSA) is 0 Å². The van der Waals surface area contributed by atoms with Gasteiger partial charge in [-0.1, -0.05) is 37.3 Å². The number of hydrogen-bond donors (Lipinski definition) is 0. The number of allylic oxidation sites excluding steroid dienone is 2. The molecule has 2 aliphatic rings. The molecule has 0 aromatic rings. The van der Waals surface area contributed by atoms with E-state index in [4.69, 9.17) is 0 Å². The second-order valence-electron chi connectivity index (χ2n) is 3.67.